The zero-order valence-electron chi connectivity index (χ0n) is 42.0. The maximum absolute atomic E-state index is 12.8. The zero-order chi connectivity index (χ0) is 47.2. The van der Waals surface area contributed by atoms with Crippen molar-refractivity contribution >= 4 is 17.9 Å². The van der Waals surface area contributed by atoms with Gasteiger partial charge in [-0.25, -0.2) is 0 Å². The Morgan fingerprint density at radius 2 is 0.677 bits per heavy atom. The van der Waals surface area contributed by atoms with Gasteiger partial charge in [0.25, 0.3) is 0 Å². The van der Waals surface area contributed by atoms with Crippen LogP contribution in [0.1, 0.15) is 226 Å². The monoisotopic (exact) mass is 901 g/mol. The summed E-state index contributed by atoms with van der Waals surface area (Å²) < 4.78 is 16.8. The molecule has 0 N–H and O–H groups in total. The van der Waals surface area contributed by atoms with E-state index in [9.17, 15) is 14.4 Å². The molecule has 0 aliphatic rings. The van der Waals surface area contributed by atoms with Crippen LogP contribution < -0.4 is 0 Å². The molecular formula is C59H96O6. The minimum atomic E-state index is -0.804. The van der Waals surface area contributed by atoms with E-state index in [1.54, 1.807) is 0 Å². The first-order valence-electron chi connectivity index (χ1n) is 26.5. The Morgan fingerprint density at radius 3 is 1.14 bits per heavy atom. The molecule has 6 heteroatoms. The summed E-state index contributed by atoms with van der Waals surface area (Å²) in [5.41, 5.74) is 0. The number of carbonyl (C=O) groups excluding carboxylic acids is 3. The Morgan fingerprint density at radius 1 is 0.338 bits per heavy atom. The van der Waals surface area contributed by atoms with Gasteiger partial charge in [0, 0.05) is 19.3 Å². The van der Waals surface area contributed by atoms with E-state index in [1.165, 1.54) is 83.5 Å². The Bertz CT molecular complexity index is 1360. The molecule has 0 heterocycles. The molecule has 368 valence electrons. The molecule has 6 nitrogen and oxygen atoms in total. The molecule has 0 rings (SSSR count). The molecule has 0 radical (unpaired) electrons. The fourth-order valence-corrected chi connectivity index (χ4v) is 7.02. The van der Waals surface area contributed by atoms with Gasteiger partial charge in [0.1, 0.15) is 13.2 Å². The normalized spacial score (nSPS) is 13.0. The minimum absolute atomic E-state index is 0.0982. The third kappa shape index (κ3) is 50.9. The summed E-state index contributed by atoms with van der Waals surface area (Å²) in [6.07, 6.45) is 70.6. The van der Waals surface area contributed by atoms with Crippen molar-refractivity contribution in [1.29, 1.82) is 0 Å². The summed E-state index contributed by atoms with van der Waals surface area (Å²) >= 11 is 0. The van der Waals surface area contributed by atoms with Gasteiger partial charge >= 0.3 is 17.9 Å². The molecule has 0 fully saturated rings. The maximum atomic E-state index is 12.8. The quantitative estimate of drug-likeness (QED) is 0.0199. The van der Waals surface area contributed by atoms with Gasteiger partial charge in [0.15, 0.2) is 6.10 Å². The van der Waals surface area contributed by atoms with E-state index in [0.29, 0.717) is 19.3 Å². The van der Waals surface area contributed by atoms with E-state index in [1.807, 2.05) is 60.8 Å². The van der Waals surface area contributed by atoms with E-state index in [-0.39, 0.29) is 31.1 Å². The lowest BCUT2D eigenvalue weighted by atomic mass is 10.0. The fourth-order valence-electron chi connectivity index (χ4n) is 7.02. The van der Waals surface area contributed by atoms with Gasteiger partial charge in [-0.3, -0.25) is 14.4 Å². The molecule has 0 saturated carbocycles. The van der Waals surface area contributed by atoms with Crippen molar-refractivity contribution in [2.24, 2.45) is 0 Å². The Kier molecular flexibility index (Phi) is 49.5. The minimum Gasteiger partial charge on any atom is -0.462 e. The van der Waals surface area contributed by atoms with Crippen LogP contribution >= 0.6 is 0 Å². The predicted octanol–water partition coefficient (Wildman–Crippen LogP) is 17.5. The molecule has 0 bridgehead atoms. The van der Waals surface area contributed by atoms with Gasteiger partial charge in [0.05, 0.1) is 0 Å². The summed E-state index contributed by atoms with van der Waals surface area (Å²) in [7, 11) is 0. The first-order chi connectivity index (χ1) is 32.0. The largest absolute Gasteiger partial charge is 0.462 e. The number of ether oxygens (including phenoxy) is 3. The molecule has 0 aromatic rings. The maximum Gasteiger partial charge on any atom is 0.306 e. The van der Waals surface area contributed by atoms with Crippen molar-refractivity contribution in [3.05, 3.63) is 109 Å². The number of unbranched alkanes of at least 4 members (excludes halogenated alkanes) is 22. The van der Waals surface area contributed by atoms with Gasteiger partial charge in [0.2, 0.25) is 0 Å². The number of allylic oxidation sites excluding steroid dienone is 18. The van der Waals surface area contributed by atoms with Crippen LogP contribution in [0.2, 0.25) is 0 Å². The average molecular weight is 901 g/mol. The third-order valence-corrected chi connectivity index (χ3v) is 10.9. The lowest BCUT2D eigenvalue weighted by Gasteiger charge is -2.18. The molecule has 0 amide bonds. The molecule has 0 aromatic carbocycles. The fraction of sp³-hybridized carbons (Fsp3) is 0.644. The molecule has 0 saturated heterocycles. The summed E-state index contributed by atoms with van der Waals surface area (Å²) in [5.74, 6) is -0.958. The molecular weight excluding hydrogens is 805 g/mol. The van der Waals surface area contributed by atoms with E-state index < -0.39 is 6.10 Å². The van der Waals surface area contributed by atoms with Crippen molar-refractivity contribution in [1.82, 2.24) is 0 Å². The van der Waals surface area contributed by atoms with Crippen LogP contribution in [0.15, 0.2) is 109 Å². The van der Waals surface area contributed by atoms with E-state index in [0.717, 1.165) is 103 Å². The Hall–Kier alpha value is -3.93. The average Bonchev–Trinajstić information content (AvgIpc) is 3.30. The second kappa shape index (κ2) is 52.7. The highest BCUT2D eigenvalue weighted by Crippen LogP contribution is 2.15. The van der Waals surface area contributed by atoms with E-state index >= 15 is 0 Å². The van der Waals surface area contributed by atoms with E-state index in [4.69, 9.17) is 14.2 Å². The Labute approximate surface area is 400 Å². The highest BCUT2D eigenvalue weighted by Gasteiger charge is 2.19. The standard InChI is InChI=1S/C59H96O6/c1-4-7-10-13-16-19-22-25-28-30-32-34-37-40-43-46-49-52-58(61)64-55-56(54-63-57(60)51-48-45-42-39-36-33-27-24-21-18-15-12-9-6-3)65-59(62)53-50-47-44-41-38-35-31-29-26-23-20-17-14-11-8-5-2/h7-8,10-11,13,16-17,19-20,22,25-26,28-30,32,34,37,56H,4-6,9,12,14-15,18,21,23-24,27,31,33,35-36,38-55H2,1-3H3/b10-7-,11-8-,16-13-,20-17-,22-19-,28-25-,29-26-,32-30+,37-34-. The Balaban J connectivity index is 4.51. The number of hydrogen-bond donors (Lipinski definition) is 0. The van der Waals surface area contributed by atoms with Crippen molar-refractivity contribution in [2.75, 3.05) is 13.2 Å². The second-order valence-corrected chi connectivity index (χ2v) is 17.2. The third-order valence-electron chi connectivity index (χ3n) is 10.9. The molecule has 0 aliphatic carbocycles. The van der Waals surface area contributed by atoms with Crippen molar-refractivity contribution in [2.45, 2.75) is 232 Å². The lowest BCUT2D eigenvalue weighted by molar-refractivity contribution is -0.167. The first kappa shape index (κ1) is 61.1. The number of esters is 3. The van der Waals surface area contributed by atoms with Crippen LogP contribution in [0.3, 0.4) is 0 Å². The summed E-state index contributed by atoms with van der Waals surface area (Å²) in [4.78, 5) is 38.0. The predicted molar refractivity (Wildman–Crippen MR) is 279 cm³/mol. The number of carbonyl (C=O) groups is 3. The van der Waals surface area contributed by atoms with Crippen LogP contribution in [0, 0.1) is 0 Å². The SMILES string of the molecule is CC\C=C/C=C\C=C/C=C\C=C\C=C/CCCCCC(=O)OCC(COC(=O)CCCCCCCCCCCCCCCC)OC(=O)CCCCCCCC/C=C\C/C=C\C/C=C\CC. The smallest absolute Gasteiger partial charge is 0.306 e. The molecule has 65 heavy (non-hydrogen) atoms. The lowest BCUT2D eigenvalue weighted by Crippen LogP contribution is -2.30. The highest BCUT2D eigenvalue weighted by atomic mass is 16.6. The summed E-state index contributed by atoms with van der Waals surface area (Å²) in [6.45, 7) is 6.33. The van der Waals surface area contributed by atoms with Gasteiger partial charge in [-0.2, -0.15) is 0 Å². The zero-order valence-corrected chi connectivity index (χ0v) is 42.0. The van der Waals surface area contributed by atoms with Crippen LogP contribution in [-0.2, 0) is 28.6 Å². The van der Waals surface area contributed by atoms with Gasteiger partial charge < -0.3 is 14.2 Å². The number of hydrogen-bond acceptors (Lipinski definition) is 6. The van der Waals surface area contributed by atoms with Crippen molar-refractivity contribution in [3.8, 4) is 0 Å². The van der Waals surface area contributed by atoms with Crippen LogP contribution in [-0.4, -0.2) is 37.2 Å². The van der Waals surface area contributed by atoms with E-state index in [2.05, 4.69) is 69.4 Å². The summed E-state index contributed by atoms with van der Waals surface area (Å²) in [5, 5.41) is 0. The topological polar surface area (TPSA) is 78.9 Å². The first-order valence-corrected chi connectivity index (χ1v) is 26.5. The second-order valence-electron chi connectivity index (χ2n) is 17.2. The molecule has 1 unspecified atom stereocenters. The van der Waals surface area contributed by atoms with Crippen LogP contribution in [0.25, 0.3) is 0 Å². The summed E-state index contributed by atoms with van der Waals surface area (Å²) in [6, 6.07) is 0. The molecule has 0 aliphatic heterocycles. The molecule has 1 atom stereocenters. The van der Waals surface area contributed by atoms with Crippen molar-refractivity contribution in [3.63, 3.8) is 0 Å². The molecule has 0 spiro atoms. The van der Waals surface area contributed by atoms with Crippen molar-refractivity contribution < 1.29 is 28.6 Å². The highest BCUT2D eigenvalue weighted by molar-refractivity contribution is 5.71. The van der Waals surface area contributed by atoms with Gasteiger partial charge in [-0.15, -0.1) is 0 Å². The van der Waals surface area contributed by atoms with Crippen LogP contribution in [0.4, 0.5) is 0 Å². The van der Waals surface area contributed by atoms with Gasteiger partial charge in [-0.1, -0.05) is 246 Å². The number of rotatable bonds is 46. The molecule has 0 aromatic heterocycles. The van der Waals surface area contributed by atoms with Crippen LogP contribution in [0.5, 0.6) is 0 Å². The van der Waals surface area contributed by atoms with Gasteiger partial charge in [-0.05, 0) is 70.6 Å².